The molecular formula is C25H26O4. The number of phenolic OH excluding ortho intramolecular Hbond substituents is 1. The molecule has 0 spiro atoms. The van der Waals surface area contributed by atoms with Crippen LogP contribution in [-0.4, -0.2) is 34.6 Å². The van der Waals surface area contributed by atoms with Crippen LogP contribution in [0, 0.1) is 0 Å². The van der Waals surface area contributed by atoms with Crippen molar-refractivity contribution in [2.75, 3.05) is 13.2 Å². The number of hydrogen-bond acceptors (Lipinski definition) is 4. The van der Waals surface area contributed by atoms with E-state index in [0.717, 1.165) is 12.8 Å². The Hall–Kier alpha value is -2.82. The number of aromatic hydroxyl groups is 1. The maximum Gasteiger partial charge on any atom is 0.119 e. The lowest BCUT2D eigenvalue weighted by atomic mass is 9.69. The van der Waals surface area contributed by atoms with Crippen LogP contribution in [0.3, 0.4) is 0 Å². The van der Waals surface area contributed by atoms with Gasteiger partial charge in [0.05, 0.1) is 6.61 Å². The molecule has 1 aliphatic carbocycles. The quantitative estimate of drug-likeness (QED) is 0.595. The second kappa shape index (κ2) is 8.68. The molecule has 150 valence electrons. The van der Waals surface area contributed by atoms with Crippen LogP contribution in [0.2, 0.25) is 0 Å². The number of benzene rings is 3. The van der Waals surface area contributed by atoms with Gasteiger partial charge in [0.15, 0.2) is 0 Å². The number of aliphatic hydroxyl groups is 2. The van der Waals surface area contributed by atoms with Crippen LogP contribution in [0.15, 0.2) is 72.8 Å². The molecule has 1 aliphatic rings. The first-order chi connectivity index (χ1) is 14.2. The number of phenols is 1. The van der Waals surface area contributed by atoms with Gasteiger partial charge in [0.25, 0.3) is 0 Å². The molecule has 3 aromatic carbocycles. The first-order valence-electron chi connectivity index (χ1n) is 10.0. The van der Waals surface area contributed by atoms with Gasteiger partial charge in [-0.2, -0.15) is 0 Å². The maximum absolute atomic E-state index is 9.93. The lowest BCUT2D eigenvalue weighted by molar-refractivity contribution is 0.0536. The van der Waals surface area contributed by atoms with Gasteiger partial charge >= 0.3 is 0 Å². The van der Waals surface area contributed by atoms with Gasteiger partial charge in [-0.3, -0.25) is 0 Å². The Kier molecular flexibility index (Phi) is 5.84. The molecule has 0 heterocycles. The predicted octanol–water partition coefficient (Wildman–Crippen LogP) is 3.99. The molecular weight excluding hydrogens is 364 g/mol. The fourth-order valence-electron chi connectivity index (χ4n) is 4.29. The Labute approximate surface area is 171 Å². The summed E-state index contributed by atoms with van der Waals surface area (Å²) in [6, 6.07) is 24.3. The second-order valence-corrected chi connectivity index (χ2v) is 7.63. The summed E-state index contributed by atoms with van der Waals surface area (Å²) in [6.07, 6.45) is 1.08. The van der Waals surface area contributed by atoms with Crippen LogP contribution in [0.25, 0.3) is 0 Å². The number of hydrogen-bond donors (Lipinski definition) is 3. The molecule has 0 aliphatic heterocycles. The monoisotopic (exact) mass is 390 g/mol. The third-order valence-corrected chi connectivity index (χ3v) is 5.71. The SMILES string of the molecule is OCC(O)COc1ccc(C2c3ccc(O)cc3CCC2c2ccccc2)cc1. The van der Waals surface area contributed by atoms with E-state index < -0.39 is 6.10 Å². The zero-order valence-electron chi connectivity index (χ0n) is 16.2. The highest BCUT2D eigenvalue weighted by Crippen LogP contribution is 2.47. The predicted molar refractivity (Wildman–Crippen MR) is 112 cm³/mol. The van der Waals surface area contributed by atoms with Crippen molar-refractivity contribution in [3.8, 4) is 11.5 Å². The largest absolute Gasteiger partial charge is 0.508 e. The van der Waals surface area contributed by atoms with Crippen molar-refractivity contribution in [3.63, 3.8) is 0 Å². The van der Waals surface area contributed by atoms with E-state index in [-0.39, 0.29) is 19.1 Å². The summed E-state index contributed by atoms with van der Waals surface area (Å²) >= 11 is 0. The Morgan fingerprint density at radius 1 is 0.931 bits per heavy atom. The van der Waals surface area contributed by atoms with Crippen LogP contribution in [-0.2, 0) is 6.42 Å². The first kappa shape index (κ1) is 19.5. The molecule has 29 heavy (non-hydrogen) atoms. The van der Waals surface area contributed by atoms with E-state index in [9.17, 15) is 10.2 Å². The van der Waals surface area contributed by atoms with Crippen molar-refractivity contribution < 1.29 is 20.1 Å². The van der Waals surface area contributed by atoms with Gasteiger partial charge < -0.3 is 20.1 Å². The van der Waals surface area contributed by atoms with Gasteiger partial charge in [-0.25, -0.2) is 0 Å². The van der Waals surface area contributed by atoms with Gasteiger partial charge in [0.2, 0.25) is 0 Å². The molecule has 3 unspecified atom stereocenters. The molecule has 3 N–H and O–H groups in total. The summed E-state index contributed by atoms with van der Waals surface area (Å²) in [5.74, 6) is 1.53. The van der Waals surface area contributed by atoms with E-state index >= 15 is 0 Å². The highest BCUT2D eigenvalue weighted by atomic mass is 16.5. The zero-order valence-corrected chi connectivity index (χ0v) is 16.2. The van der Waals surface area contributed by atoms with Gasteiger partial charge in [-0.15, -0.1) is 0 Å². The van der Waals surface area contributed by atoms with Crippen LogP contribution in [0.5, 0.6) is 11.5 Å². The minimum Gasteiger partial charge on any atom is -0.508 e. The lowest BCUT2D eigenvalue weighted by Gasteiger charge is -2.35. The van der Waals surface area contributed by atoms with Gasteiger partial charge in [-0.05, 0) is 65.3 Å². The summed E-state index contributed by atoms with van der Waals surface area (Å²) in [7, 11) is 0. The standard InChI is InChI=1S/C25H26O4/c26-15-21(28)16-29-22-10-6-18(7-11-22)25-23(17-4-2-1-3-5-17)12-8-19-14-20(27)9-13-24(19)25/h1-7,9-11,13-14,21,23,25-28H,8,12,15-16H2. The lowest BCUT2D eigenvalue weighted by Crippen LogP contribution is -2.21. The number of aliphatic hydroxyl groups excluding tert-OH is 2. The van der Waals surface area contributed by atoms with Crippen molar-refractivity contribution in [3.05, 3.63) is 95.1 Å². The van der Waals surface area contributed by atoms with Gasteiger partial charge in [0, 0.05) is 5.92 Å². The summed E-state index contributed by atoms with van der Waals surface area (Å²) in [4.78, 5) is 0. The normalized spacial score (nSPS) is 19.4. The molecule has 3 atom stereocenters. The molecule has 0 aromatic heterocycles. The summed E-state index contributed by atoms with van der Waals surface area (Å²) in [5.41, 5.74) is 4.98. The van der Waals surface area contributed by atoms with Gasteiger partial charge in [0.1, 0.15) is 24.2 Å². The van der Waals surface area contributed by atoms with E-state index in [1.807, 2.05) is 30.3 Å². The minimum absolute atomic E-state index is 0.0635. The van der Waals surface area contributed by atoms with Crippen LogP contribution >= 0.6 is 0 Å². The van der Waals surface area contributed by atoms with E-state index in [0.29, 0.717) is 17.4 Å². The fourth-order valence-corrected chi connectivity index (χ4v) is 4.29. The van der Waals surface area contributed by atoms with Crippen molar-refractivity contribution in [2.24, 2.45) is 0 Å². The first-order valence-corrected chi connectivity index (χ1v) is 10.0. The summed E-state index contributed by atoms with van der Waals surface area (Å²) < 4.78 is 5.55. The highest BCUT2D eigenvalue weighted by molar-refractivity contribution is 5.48. The highest BCUT2D eigenvalue weighted by Gasteiger charge is 2.32. The molecule has 0 amide bonds. The Morgan fingerprint density at radius 3 is 2.41 bits per heavy atom. The van der Waals surface area contributed by atoms with E-state index in [4.69, 9.17) is 9.84 Å². The molecule has 3 aromatic rings. The second-order valence-electron chi connectivity index (χ2n) is 7.63. The molecule has 0 radical (unpaired) electrons. The Bertz CT molecular complexity index is 937. The summed E-state index contributed by atoms with van der Waals surface area (Å²) in [6.45, 7) is -0.253. The number of rotatable bonds is 6. The Morgan fingerprint density at radius 2 is 1.69 bits per heavy atom. The average molecular weight is 390 g/mol. The molecule has 4 nitrogen and oxygen atoms in total. The number of fused-ring (bicyclic) bond motifs is 1. The summed E-state index contributed by atoms with van der Waals surface area (Å²) in [5, 5.41) is 28.3. The molecule has 0 saturated carbocycles. The van der Waals surface area contributed by atoms with E-state index in [1.165, 1.54) is 22.3 Å². The fraction of sp³-hybridized carbons (Fsp3) is 0.280. The minimum atomic E-state index is -0.880. The van der Waals surface area contributed by atoms with Crippen LogP contribution < -0.4 is 4.74 Å². The number of ether oxygens (including phenoxy) is 1. The van der Waals surface area contributed by atoms with E-state index in [2.05, 4.69) is 36.4 Å². The maximum atomic E-state index is 9.93. The van der Waals surface area contributed by atoms with Gasteiger partial charge in [-0.1, -0.05) is 48.5 Å². The average Bonchev–Trinajstić information content (AvgIpc) is 2.77. The van der Waals surface area contributed by atoms with Crippen molar-refractivity contribution >= 4 is 0 Å². The topological polar surface area (TPSA) is 69.9 Å². The molecule has 4 heteroatoms. The van der Waals surface area contributed by atoms with E-state index in [1.54, 1.807) is 6.07 Å². The van der Waals surface area contributed by atoms with Crippen molar-refractivity contribution in [2.45, 2.75) is 30.8 Å². The zero-order chi connectivity index (χ0) is 20.2. The smallest absolute Gasteiger partial charge is 0.119 e. The van der Waals surface area contributed by atoms with Crippen molar-refractivity contribution in [1.29, 1.82) is 0 Å². The number of aryl methyl sites for hydroxylation is 1. The third-order valence-electron chi connectivity index (χ3n) is 5.71. The molecule has 0 bridgehead atoms. The van der Waals surface area contributed by atoms with Crippen LogP contribution in [0.4, 0.5) is 0 Å². The van der Waals surface area contributed by atoms with Crippen LogP contribution in [0.1, 0.15) is 40.5 Å². The third kappa shape index (κ3) is 4.29. The molecule has 0 saturated heterocycles. The molecule has 4 rings (SSSR count). The van der Waals surface area contributed by atoms with Crippen molar-refractivity contribution in [1.82, 2.24) is 0 Å². The Balaban J connectivity index is 1.67. The molecule has 0 fully saturated rings.